The van der Waals surface area contributed by atoms with Crippen LogP contribution in [-0.4, -0.2) is 55.6 Å². The van der Waals surface area contributed by atoms with Gasteiger partial charge in [0.2, 0.25) is 0 Å². The lowest BCUT2D eigenvalue weighted by molar-refractivity contribution is 0.122. The number of nitrogens with zero attached hydrogens (tertiary/aromatic N) is 2. The molecule has 0 aromatic rings. The van der Waals surface area contributed by atoms with Crippen molar-refractivity contribution in [3.63, 3.8) is 0 Å². The number of nitrogens with two attached hydrogens (primary N) is 1. The molecule has 3 heteroatoms. The van der Waals surface area contributed by atoms with Crippen molar-refractivity contribution in [2.75, 3.05) is 39.8 Å². The lowest BCUT2D eigenvalue weighted by atomic mass is 10.2. The molecule has 1 aliphatic heterocycles. The van der Waals surface area contributed by atoms with Crippen LogP contribution >= 0.6 is 0 Å². The molecular weight excluding hydrogens is 162 g/mol. The van der Waals surface area contributed by atoms with Crippen LogP contribution in [0.4, 0.5) is 0 Å². The Morgan fingerprint density at radius 2 is 1.69 bits per heavy atom. The SMILES string of the molecule is CC.CC(CN)N1CCN(C)CC1.[HH]. The van der Waals surface area contributed by atoms with Crippen molar-refractivity contribution in [2.45, 2.75) is 26.8 Å². The molecule has 0 bridgehead atoms. The molecule has 13 heavy (non-hydrogen) atoms. The van der Waals surface area contributed by atoms with Gasteiger partial charge in [0.15, 0.2) is 0 Å². The molecule has 1 saturated heterocycles. The Bertz CT molecular complexity index is 114. The van der Waals surface area contributed by atoms with Gasteiger partial charge < -0.3 is 10.6 Å². The normalized spacial score (nSPS) is 21.9. The van der Waals surface area contributed by atoms with Crippen LogP contribution in [0.1, 0.15) is 22.2 Å². The largest absolute Gasteiger partial charge is 0.329 e. The van der Waals surface area contributed by atoms with Gasteiger partial charge in [-0.3, -0.25) is 4.90 Å². The van der Waals surface area contributed by atoms with Crippen LogP contribution in [0.25, 0.3) is 0 Å². The van der Waals surface area contributed by atoms with E-state index in [1.54, 1.807) is 0 Å². The molecule has 3 nitrogen and oxygen atoms in total. The quantitative estimate of drug-likeness (QED) is 0.699. The Morgan fingerprint density at radius 1 is 1.23 bits per heavy atom. The molecular formula is C10H27N3. The van der Waals surface area contributed by atoms with Crippen LogP contribution in [-0.2, 0) is 0 Å². The third kappa shape index (κ3) is 4.60. The van der Waals surface area contributed by atoms with E-state index in [1.165, 1.54) is 26.2 Å². The molecule has 0 amide bonds. The highest BCUT2D eigenvalue weighted by molar-refractivity contribution is 4.74. The van der Waals surface area contributed by atoms with Crippen molar-refractivity contribution in [1.29, 1.82) is 0 Å². The smallest absolute Gasteiger partial charge is 0.0191 e. The summed E-state index contributed by atoms with van der Waals surface area (Å²) < 4.78 is 0. The molecule has 1 heterocycles. The minimum absolute atomic E-state index is 0. The predicted molar refractivity (Wildman–Crippen MR) is 61.0 cm³/mol. The summed E-state index contributed by atoms with van der Waals surface area (Å²) in [5.41, 5.74) is 5.58. The molecule has 1 aliphatic rings. The fourth-order valence-corrected chi connectivity index (χ4v) is 1.41. The maximum Gasteiger partial charge on any atom is 0.0191 e. The van der Waals surface area contributed by atoms with Crippen LogP contribution < -0.4 is 5.73 Å². The van der Waals surface area contributed by atoms with Gasteiger partial charge in [-0.1, -0.05) is 13.8 Å². The number of likely N-dealkylation sites (N-methyl/N-ethyl adjacent to an activating group) is 1. The van der Waals surface area contributed by atoms with Gasteiger partial charge >= 0.3 is 0 Å². The molecule has 0 aliphatic carbocycles. The first-order valence-electron chi connectivity index (χ1n) is 5.36. The first-order valence-corrected chi connectivity index (χ1v) is 5.36. The Labute approximate surface area is 84.4 Å². The average molecular weight is 189 g/mol. The molecule has 0 radical (unpaired) electrons. The highest BCUT2D eigenvalue weighted by Gasteiger charge is 2.17. The Hall–Kier alpha value is -0.120. The fraction of sp³-hybridized carbons (Fsp3) is 1.00. The van der Waals surface area contributed by atoms with Crippen LogP contribution in [0.5, 0.6) is 0 Å². The maximum absolute atomic E-state index is 5.58. The van der Waals surface area contributed by atoms with E-state index < -0.39 is 0 Å². The van der Waals surface area contributed by atoms with Crippen molar-refractivity contribution in [1.82, 2.24) is 9.80 Å². The van der Waals surface area contributed by atoms with Gasteiger partial charge in [0.05, 0.1) is 0 Å². The zero-order chi connectivity index (χ0) is 10.3. The van der Waals surface area contributed by atoms with Gasteiger partial charge in [0.25, 0.3) is 0 Å². The summed E-state index contributed by atoms with van der Waals surface area (Å²) in [6.45, 7) is 11.7. The number of piperazine rings is 1. The summed E-state index contributed by atoms with van der Waals surface area (Å²) in [5.74, 6) is 0. The molecule has 2 N–H and O–H groups in total. The van der Waals surface area contributed by atoms with Crippen molar-refractivity contribution < 1.29 is 1.43 Å². The molecule has 82 valence electrons. The first kappa shape index (κ1) is 12.9. The zero-order valence-electron chi connectivity index (χ0n) is 9.58. The fourth-order valence-electron chi connectivity index (χ4n) is 1.41. The van der Waals surface area contributed by atoms with Gasteiger partial charge in [-0.2, -0.15) is 0 Å². The van der Waals surface area contributed by atoms with Crippen molar-refractivity contribution in [2.24, 2.45) is 5.73 Å². The maximum atomic E-state index is 5.58. The molecule has 1 fully saturated rings. The summed E-state index contributed by atoms with van der Waals surface area (Å²) in [7, 11) is 2.17. The molecule has 0 spiro atoms. The monoisotopic (exact) mass is 189 g/mol. The first-order chi connectivity index (χ1) is 6.24. The Kier molecular flexibility index (Phi) is 7.23. The molecule has 0 aromatic heterocycles. The molecule has 1 atom stereocenters. The van der Waals surface area contributed by atoms with Crippen molar-refractivity contribution in [3.05, 3.63) is 0 Å². The lowest BCUT2D eigenvalue weighted by Crippen LogP contribution is -2.50. The van der Waals surface area contributed by atoms with E-state index in [1.807, 2.05) is 13.8 Å². The second-order valence-corrected chi connectivity index (χ2v) is 3.42. The molecule has 1 unspecified atom stereocenters. The average Bonchev–Trinajstić information content (AvgIpc) is 2.21. The highest BCUT2D eigenvalue weighted by Crippen LogP contribution is 2.02. The van der Waals surface area contributed by atoms with Crippen LogP contribution in [0.15, 0.2) is 0 Å². The number of rotatable bonds is 2. The van der Waals surface area contributed by atoms with Crippen LogP contribution in [0.3, 0.4) is 0 Å². The topological polar surface area (TPSA) is 32.5 Å². The number of hydrogen-bond donors (Lipinski definition) is 1. The predicted octanol–water partition coefficient (Wildman–Crippen LogP) is 0.853. The van der Waals surface area contributed by atoms with Gasteiger partial charge in [0, 0.05) is 40.2 Å². The Balaban J connectivity index is 0. The molecule has 0 saturated carbocycles. The minimum Gasteiger partial charge on any atom is -0.329 e. The number of hydrogen-bond acceptors (Lipinski definition) is 3. The third-order valence-electron chi connectivity index (χ3n) is 2.50. The summed E-state index contributed by atoms with van der Waals surface area (Å²) in [6, 6.07) is 0.559. The second kappa shape index (κ2) is 7.30. The van der Waals surface area contributed by atoms with E-state index >= 15 is 0 Å². The van der Waals surface area contributed by atoms with Gasteiger partial charge in [0.1, 0.15) is 0 Å². The molecule has 0 aromatic carbocycles. The summed E-state index contributed by atoms with van der Waals surface area (Å²) in [6.07, 6.45) is 0. The van der Waals surface area contributed by atoms with E-state index in [0.29, 0.717) is 6.04 Å². The highest BCUT2D eigenvalue weighted by atomic mass is 15.3. The second-order valence-electron chi connectivity index (χ2n) is 3.42. The van der Waals surface area contributed by atoms with Gasteiger partial charge in [-0.15, -0.1) is 0 Å². The van der Waals surface area contributed by atoms with E-state index in [-0.39, 0.29) is 1.43 Å². The lowest BCUT2D eigenvalue weighted by Gasteiger charge is -2.35. The van der Waals surface area contributed by atoms with E-state index in [4.69, 9.17) is 5.73 Å². The minimum atomic E-state index is 0. The van der Waals surface area contributed by atoms with Gasteiger partial charge in [-0.25, -0.2) is 0 Å². The summed E-state index contributed by atoms with van der Waals surface area (Å²) in [5, 5.41) is 0. The third-order valence-corrected chi connectivity index (χ3v) is 2.50. The van der Waals surface area contributed by atoms with Gasteiger partial charge in [-0.05, 0) is 14.0 Å². The van der Waals surface area contributed by atoms with Crippen molar-refractivity contribution >= 4 is 0 Å². The zero-order valence-corrected chi connectivity index (χ0v) is 9.58. The van der Waals surface area contributed by atoms with E-state index in [9.17, 15) is 0 Å². The molecule has 1 rings (SSSR count). The summed E-state index contributed by atoms with van der Waals surface area (Å²) >= 11 is 0. The summed E-state index contributed by atoms with van der Waals surface area (Å²) in [4.78, 5) is 4.82. The standard InChI is InChI=1S/C8H19N3.C2H6.H2/c1-8(7-9)11-5-3-10(2)4-6-11;1-2;/h8H,3-7,9H2,1-2H3;1-2H3;1H. The van der Waals surface area contributed by atoms with Crippen LogP contribution in [0.2, 0.25) is 0 Å². The van der Waals surface area contributed by atoms with E-state index in [0.717, 1.165) is 6.54 Å². The Morgan fingerprint density at radius 3 is 2.08 bits per heavy atom. The van der Waals surface area contributed by atoms with E-state index in [2.05, 4.69) is 23.8 Å². The van der Waals surface area contributed by atoms with Crippen LogP contribution in [0, 0.1) is 0 Å². The van der Waals surface area contributed by atoms with Crippen molar-refractivity contribution in [3.8, 4) is 0 Å².